The molecule has 2 aromatic carbocycles. The Bertz CT molecular complexity index is 730. The summed E-state index contributed by atoms with van der Waals surface area (Å²) in [5, 5.41) is 12.8. The maximum Gasteiger partial charge on any atom is 0.296 e. The van der Waals surface area contributed by atoms with Crippen molar-refractivity contribution in [1.29, 1.82) is 0 Å². The third kappa shape index (κ3) is 4.44. The molecule has 0 saturated carbocycles. The molecule has 0 atom stereocenters. The molecule has 0 aliphatic rings. The van der Waals surface area contributed by atoms with Gasteiger partial charge in [0, 0.05) is 23.1 Å². The molecule has 0 unspecified atom stereocenters. The summed E-state index contributed by atoms with van der Waals surface area (Å²) in [5.74, 6) is 5.29. The fourth-order valence-corrected chi connectivity index (χ4v) is 1.85. The quantitative estimate of drug-likeness (QED) is 0.856. The highest BCUT2D eigenvalue weighted by Gasteiger charge is 2.03. The van der Waals surface area contributed by atoms with Gasteiger partial charge in [0.1, 0.15) is 0 Å². The van der Waals surface area contributed by atoms with E-state index in [1.54, 1.807) is 36.4 Å². The van der Waals surface area contributed by atoms with Gasteiger partial charge in [-0.25, -0.2) is 0 Å². The second kappa shape index (κ2) is 7.39. The number of benzene rings is 2. The Kier molecular flexibility index (Phi) is 5.29. The van der Waals surface area contributed by atoms with Crippen LogP contribution in [0.15, 0.2) is 42.5 Å². The first-order chi connectivity index (χ1) is 10.6. The van der Waals surface area contributed by atoms with Crippen molar-refractivity contribution in [2.24, 2.45) is 0 Å². The average molecular weight is 316 g/mol. The number of methoxy groups -OCH3 is 1. The van der Waals surface area contributed by atoms with Crippen LogP contribution < -0.4 is 10.1 Å². The zero-order valence-corrected chi connectivity index (χ0v) is 12.6. The van der Waals surface area contributed by atoms with Gasteiger partial charge < -0.3 is 15.2 Å². The summed E-state index contributed by atoms with van der Waals surface area (Å²) in [6.45, 7) is 0.296. The Morgan fingerprint density at radius 3 is 2.68 bits per heavy atom. The zero-order valence-electron chi connectivity index (χ0n) is 11.9. The number of aromatic hydroxyl groups is 1. The summed E-state index contributed by atoms with van der Waals surface area (Å²) in [4.78, 5) is 11.7. The van der Waals surface area contributed by atoms with Crippen LogP contribution >= 0.6 is 11.6 Å². The molecule has 0 heterocycles. The number of nitrogens with one attached hydrogen (secondary N) is 1. The molecule has 0 radical (unpaired) electrons. The molecular weight excluding hydrogens is 302 g/mol. The molecule has 0 aromatic heterocycles. The van der Waals surface area contributed by atoms with Crippen molar-refractivity contribution in [1.82, 2.24) is 5.32 Å². The first-order valence-corrected chi connectivity index (χ1v) is 6.87. The molecule has 112 valence electrons. The molecule has 0 spiro atoms. The van der Waals surface area contributed by atoms with E-state index in [1.807, 2.05) is 0 Å². The maximum absolute atomic E-state index is 11.7. The van der Waals surface area contributed by atoms with Crippen molar-refractivity contribution in [2.75, 3.05) is 7.11 Å². The van der Waals surface area contributed by atoms with Crippen molar-refractivity contribution in [3.8, 4) is 23.3 Å². The van der Waals surface area contributed by atoms with Crippen LogP contribution in [-0.2, 0) is 11.3 Å². The van der Waals surface area contributed by atoms with Crippen LogP contribution in [0, 0.1) is 11.8 Å². The van der Waals surface area contributed by atoms with Crippen LogP contribution in [0.3, 0.4) is 0 Å². The lowest BCUT2D eigenvalue weighted by atomic mass is 10.2. The number of hydrogen-bond donors (Lipinski definition) is 2. The molecule has 2 N–H and O–H groups in total. The first-order valence-electron chi connectivity index (χ1n) is 6.50. The molecule has 0 aliphatic carbocycles. The lowest BCUT2D eigenvalue weighted by Gasteiger charge is -2.06. The van der Waals surface area contributed by atoms with Gasteiger partial charge in [-0.1, -0.05) is 23.6 Å². The van der Waals surface area contributed by atoms with Crippen molar-refractivity contribution in [2.45, 2.75) is 6.54 Å². The highest BCUT2D eigenvalue weighted by atomic mass is 35.5. The third-order valence-corrected chi connectivity index (χ3v) is 3.11. The van der Waals surface area contributed by atoms with E-state index in [-0.39, 0.29) is 11.7 Å². The van der Waals surface area contributed by atoms with Gasteiger partial charge in [-0.05, 0) is 42.0 Å². The van der Waals surface area contributed by atoms with Crippen molar-refractivity contribution >= 4 is 17.5 Å². The van der Waals surface area contributed by atoms with Crippen molar-refractivity contribution in [3.63, 3.8) is 0 Å². The Morgan fingerprint density at radius 2 is 2.00 bits per heavy atom. The lowest BCUT2D eigenvalue weighted by molar-refractivity contribution is -0.115. The third-order valence-electron chi connectivity index (χ3n) is 2.86. The number of ether oxygens (including phenoxy) is 1. The molecule has 0 saturated heterocycles. The summed E-state index contributed by atoms with van der Waals surface area (Å²) in [6, 6.07) is 11.8. The number of amides is 1. The van der Waals surface area contributed by atoms with Gasteiger partial charge >= 0.3 is 0 Å². The smallest absolute Gasteiger partial charge is 0.296 e. The minimum Gasteiger partial charge on any atom is -0.504 e. The summed E-state index contributed by atoms with van der Waals surface area (Å²) in [6.07, 6.45) is 0. The highest BCUT2D eigenvalue weighted by molar-refractivity contribution is 6.30. The Balaban J connectivity index is 1.94. The Hall–Kier alpha value is -2.64. The number of phenolic OH excluding ortho intramolecular Hbond substituents is 1. The van der Waals surface area contributed by atoms with E-state index in [0.29, 0.717) is 22.9 Å². The van der Waals surface area contributed by atoms with Crippen molar-refractivity contribution < 1.29 is 14.6 Å². The molecule has 2 rings (SSSR count). The first kappa shape index (κ1) is 15.7. The van der Waals surface area contributed by atoms with Gasteiger partial charge in [-0.3, -0.25) is 4.79 Å². The second-order valence-electron chi connectivity index (χ2n) is 4.45. The van der Waals surface area contributed by atoms with Gasteiger partial charge in [-0.2, -0.15) is 0 Å². The van der Waals surface area contributed by atoms with E-state index < -0.39 is 0 Å². The molecule has 4 nitrogen and oxygen atoms in total. The van der Waals surface area contributed by atoms with Gasteiger partial charge in [0.25, 0.3) is 5.91 Å². The molecule has 2 aromatic rings. The Labute approximate surface area is 133 Å². The van der Waals surface area contributed by atoms with E-state index in [1.165, 1.54) is 13.2 Å². The number of rotatable bonds is 3. The summed E-state index contributed by atoms with van der Waals surface area (Å²) < 4.78 is 5.01. The molecule has 0 aliphatic heterocycles. The monoisotopic (exact) mass is 315 g/mol. The lowest BCUT2D eigenvalue weighted by Crippen LogP contribution is -2.20. The summed E-state index contributed by atoms with van der Waals surface area (Å²) >= 11 is 5.77. The largest absolute Gasteiger partial charge is 0.504 e. The molecule has 1 amide bonds. The van der Waals surface area contributed by atoms with Gasteiger partial charge in [0.15, 0.2) is 11.5 Å². The maximum atomic E-state index is 11.7. The van der Waals surface area contributed by atoms with E-state index in [2.05, 4.69) is 17.2 Å². The number of halogens is 1. The van der Waals surface area contributed by atoms with E-state index in [9.17, 15) is 9.90 Å². The average Bonchev–Trinajstić information content (AvgIpc) is 2.53. The van der Waals surface area contributed by atoms with E-state index in [0.717, 1.165) is 5.56 Å². The normalized spacial score (nSPS) is 9.55. The predicted octanol–water partition coefficient (Wildman–Crippen LogP) is 2.72. The minimum atomic E-state index is -0.387. The number of carbonyl (C=O) groups excluding carboxylic acids is 1. The zero-order chi connectivity index (χ0) is 15.9. The van der Waals surface area contributed by atoms with Gasteiger partial charge in [0.2, 0.25) is 0 Å². The fraction of sp³-hybridized carbons (Fsp3) is 0.118. The molecular formula is C17H14ClNO3. The number of carbonyl (C=O) groups is 1. The Morgan fingerprint density at radius 1 is 1.27 bits per heavy atom. The molecule has 5 heteroatoms. The summed E-state index contributed by atoms with van der Waals surface area (Å²) in [5.41, 5.74) is 1.52. The fourth-order valence-electron chi connectivity index (χ4n) is 1.72. The standard InChI is InChI=1S/C17H14ClNO3/c1-22-16-10-13(4-8-15(16)20)11-19-17(21)9-5-12-2-6-14(18)7-3-12/h2-4,6-8,10,20H,11H2,1H3,(H,19,21). The minimum absolute atomic E-state index is 0.0557. The number of phenols is 1. The van der Waals surface area contributed by atoms with Gasteiger partial charge in [0.05, 0.1) is 7.11 Å². The van der Waals surface area contributed by atoms with Crippen LogP contribution in [0.25, 0.3) is 0 Å². The van der Waals surface area contributed by atoms with E-state index in [4.69, 9.17) is 16.3 Å². The van der Waals surface area contributed by atoms with Crippen LogP contribution in [0.2, 0.25) is 5.02 Å². The highest BCUT2D eigenvalue weighted by Crippen LogP contribution is 2.26. The SMILES string of the molecule is COc1cc(CNC(=O)C#Cc2ccc(Cl)cc2)ccc1O. The van der Waals surface area contributed by atoms with Crippen molar-refractivity contribution in [3.05, 3.63) is 58.6 Å². The molecule has 0 bridgehead atoms. The second-order valence-corrected chi connectivity index (χ2v) is 4.88. The topological polar surface area (TPSA) is 58.6 Å². The predicted molar refractivity (Wildman–Crippen MR) is 84.8 cm³/mol. The number of hydrogen-bond acceptors (Lipinski definition) is 3. The van der Waals surface area contributed by atoms with E-state index >= 15 is 0 Å². The van der Waals surface area contributed by atoms with Crippen LogP contribution in [-0.4, -0.2) is 18.1 Å². The van der Waals surface area contributed by atoms with Crippen LogP contribution in [0.1, 0.15) is 11.1 Å². The molecule has 0 fully saturated rings. The summed E-state index contributed by atoms with van der Waals surface area (Å²) in [7, 11) is 1.47. The molecule has 22 heavy (non-hydrogen) atoms. The van der Waals surface area contributed by atoms with Crippen LogP contribution in [0.5, 0.6) is 11.5 Å². The van der Waals surface area contributed by atoms with Gasteiger partial charge in [-0.15, -0.1) is 0 Å². The van der Waals surface area contributed by atoms with Crippen LogP contribution in [0.4, 0.5) is 0 Å².